The summed E-state index contributed by atoms with van der Waals surface area (Å²) in [6.07, 6.45) is 1.52. The first kappa shape index (κ1) is 36.4. The molecule has 15 nitrogen and oxygen atoms in total. The van der Waals surface area contributed by atoms with Gasteiger partial charge in [0, 0.05) is 18.5 Å². The van der Waals surface area contributed by atoms with Crippen LogP contribution in [0.15, 0.2) is 48.5 Å². The first-order valence-electron chi connectivity index (χ1n) is 15.6. The lowest BCUT2D eigenvalue weighted by atomic mass is 9.97. The molecule has 1 unspecified atom stereocenters. The van der Waals surface area contributed by atoms with Gasteiger partial charge in [0.25, 0.3) is 5.09 Å². The van der Waals surface area contributed by atoms with E-state index in [1.165, 1.54) is 4.90 Å². The number of carbonyl (C=O) groups excluding carboxylic acids is 2. The van der Waals surface area contributed by atoms with Crippen LogP contribution in [-0.2, 0) is 30.4 Å². The van der Waals surface area contributed by atoms with Crippen LogP contribution < -0.4 is 0 Å². The first-order valence-corrected chi connectivity index (χ1v) is 15.6. The van der Waals surface area contributed by atoms with E-state index >= 15 is 0 Å². The number of ether oxygens (including phenoxy) is 2. The van der Waals surface area contributed by atoms with Crippen molar-refractivity contribution in [1.82, 2.24) is 25.1 Å². The van der Waals surface area contributed by atoms with Crippen molar-refractivity contribution < 1.29 is 38.9 Å². The van der Waals surface area contributed by atoms with E-state index in [1.807, 2.05) is 55.5 Å². The molecule has 0 fully saturated rings. The summed E-state index contributed by atoms with van der Waals surface area (Å²) in [5, 5.41) is 31.8. The Hall–Kier alpha value is -5.08. The quantitative estimate of drug-likeness (QED) is 0.0721. The van der Waals surface area contributed by atoms with Crippen LogP contribution >= 0.6 is 0 Å². The van der Waals surface area contributed by atoms with E-state index < -0.39 is 29.5 Å². The molecule has 254 valence electrons. The lowest BCUT2D eigenvalue weighted by Gasteiger charge is -2.32. The number of unbranched alkanes of at least 4 members (excludes halogenated alkanes) is 3. The Morgan fingerprint density at radius 2 is 1.66 bits per heavy atom. The van der Waals surface area contributed by atoms with Gasteiger partial charge in [0.15, 0.2) is 0 Å². The Morgan fingerprint density at radius 3 is 2.30 bits per heavy atom. The average molecular weight is 655 g/mol. The normalized spacial score (nSPS) is 12.3. The van der Waals surface area contributed by atoms with Crippen molar-refractivity contribution in [3.05, 3.63) is 64.2 Å². The van der Waals surface area contributed by atoms with Gasteiger partial charge in [0.1, 0.15) is 6.04 Å². The van der Waals surface area contributed by atoms with Crippen molar-refractivity contribution in [2.24, 2.45) is 5.92 Å². The fraction of sp³-hybridized carbons (Fsp3) is 0.500. The van der Waals surface area contributed by atoms with Gasteiger partial charge in [-0.15, -0.1) is 25.1 Å². The maximum Gasteiger partial charge on any atom is 0.510 e. The molecule has 1 amide bonds. The minimum absolute atomic E-state index is 0.0171. The third-order valence-electron chi connectivity index (χ3n) is 7.30. The Morgan fingerprint density at radius 1 is 0.979 bits per heavy atom. The Balaban J connectivity index is 1.67. The molecule has 0 saturated heterocycles. The number of rotatable bonds is 19. The van der Waals surface area contributed by atoms with Crippen LogP contribution in [0.25, 0.3) is 22.5 Å². The zero-order valence-corrected chi connectivity index (χ0v) is 27.1. The smallest absolute Gasteiger partial charge is 0.480 e. The summed E-state index contributed by atoms with van der Waals surface area (Å²) < 4.78 is 10.3. The van der Waals surface area contributed by atoms with Crippen molar-refractivity contribution in [1.29, 1.82) is 0 Å². The van der Waals surface area contributed by atoms with Gasteiger partial charge < -0.3 is 24.3 Å². The van der Waals surface area contributed by atoms with Crippen molar-refractivity contribution in [2.45, 2.75) is 85.0 Å². The van der Waals surface area contributed by atoms with Gasteiger partial charge in [-0.1, -0.05) is 75.7 Å². The Kier molecular flexibility index (Phi) is 14.1. The highest BCUT2D eigenvalue weighted by Gasteiger charge is 2.32. The van der Waals surface area contributed by atoms with Crippen molar-refractivity contribution in [3.63, 3.8) is 0 Å². The van der Waals surface area contributed by atoms with Crippen LogP contribution in [0, 0.1) is 16.0 Å². The van der Waals surface area contributed by atoms with E-state index in [0.29, 0.717) is 43.5 Å². The number of hydrogen-bond acceptors (Lipinski definition) is 11. The van der Waals surface area contributed by atoms with Gasteiger partial charge in [-0.25, -0.2) is 9.59 Å². The predicted octanol–water partition coefficient (Wildman–Crippen LogP) is 5.69. The van der Waals surface area contributed by atoms with Crippen LogP contribution in [0.3, 0.4) is 0 Å². The second kappa shape index (κ2) is 18.2. The van der Waals surface area contributed by atoms with E-state index in [1.54, 1.807) is 20.8 Å². The molecule has 3 aromatic rings. The standard InChI is InChI=1S/C32H42N6O9/c1-5-6-14-28(39)36(29(22(2)3)31(40)41)21-24-15-17-25(18-16-24)26-12-8-9-13-27(26)30-33-35-37(34-30)23(4)47-32(42)45-19-10-7-11-20-46-38(43)44/h8-9,12-13,15-18,22-23,29H,5-7,10-11,14,19-21H2,1-4H3,(H,40,41)/t23?,29-/m1/s1. The number of aromatic nitrogens is 4. The monoisotopic (exact) mass is 654 g/mol. The average Bonchev–Trinajstić information content (AvgIpc) is 3.53. The minimum Gasteiger partial charge on any atom is -0.480 e. The number of carboxylic acids is 1. The van der Waals surface area contributed by atoms with Gasteiger partial charge >= 0.3 is 12.1 Å². The highest BCUT2D eigenvalue weighted by molar-refractivity contribution is 5.84. The van der Waals surface area contributed by atoms with Gasteiger partial charge in [-0.05, 0) is 60.4 Å². The number of hydrogen-bond donors (Lipinski definition) is 1. The molecule has 0 aliphatic heterocycles. The summed E-state index contributed by atoms with van der Waals surface area (Å²) in [5.74, 6) is -1.16. The van der Waals surface area contributed by atoms with E-state index in [9.17, 15) is 29.6 Å². The second-order valence-electron chi connectivity index (χ2n) is 11.3. The highest BCUT2D eigenvalue weighted by atomic mass is 16.9. The first-order chi connectivity index (χ1) is 22.5. The third kappa shape index (κ3) is 11.0. The molecule has 0 aliphatic rings. The summed E-state index contributed by atoms with van der Waals surface area (Å²) in [6.45, 7) is 7.39. The molecule has 0 saturated carbocycles. The van der Waals surface area contributed by atoms with Crippen LogP contribution in [0.2, 0.25) is 0 Å². The summed E-state index contributed by atoms with van der Waals surface area (Å²) in [4.78, 5) is 54.2. The van der Waals surface area contributed by atoms with E-state index in [0.717, 1.165) is 27.9 Å². The predicted molar refractivity (Wildman–Crippen MR) is 169 cm³/mol. The van der Waals surface area contributed by atoms with Gasteiger partial charge in [-0.2, -0.15) is 0 Å². The molecule has 1 N–H and O–H groups in total. The zero-order valence-electron chi connectivity index (χ0n) is 27.1. The molecule has 0 spiro atoms. The molecule has 2 atom stereocenters. The van der Waals surface area contributed by atoms with E-state index in [4.69, 9.17) is 9.47 Å². The lowest BCUT2D eigenvalue weighted by Crippen LogP contribution is -2.47. The summed E-state index contributed by atoms with van der Waals surface area (Å²) >= 11 is 0. The summed E-state index contributed by atoms with van der Waals surface area (Å²) in [7, 11) is 0. The number of tetrazole rings is 1. The van der Waals surface area contributed by atoms with E-state index in [-0.39, 0.29) is 31.6 Å². The Bertz CT molecular complexity index is 1480. The number of nitrogens with zero attached hydrogens (tertiary/aromatic N) is 6. The van der Waals surface area contributed by atoms with Gasteiger partial charge in [0.05, 0.1) is 13.2 Å². The maximum atomic E-state index is 13.0. The molecular formula is C32H42N6O9. The number of amides is 1. The van der Waals surface area contributed by atoms with Crippen molar-refractivity contribution >= 4 is 18.0 Å². The Labute approximate surface area is 272 Å². The van der Waals surface area contributed by atoms with Gasteiger partial charge in [0.2, 0.25) is 18.0 Å². The van der Waals surface area contributed by atoms with Crippen molar-refractivity contribution in [2.75, 3.05) is 13.2 Å². The number of carboxylic acid groups (broad SMARTS) is 1. The number of aliphatic carboxylic acids is 1. The molecule has 15 heteroatoms. The SMILES string of the molecule is CCCCC(=O)N(Cc1ccc(-c2ccccc2-c2nnn(C(C)OC(=O)OCCCCCO[N+](=O)[O-])n2)cc1)[C@@H](C(=O)O)C(C)C. The largest absolute Gasteiger partial charge is 0.510 e. The van der Waals surface area contributed by atoms with Crippen LogP contribution in [0.1, 0.15) is 78.0 Å². The zero-order chi connectivity index (χ0) is 34.3. The molecule has 0 bridgehead atoms. The minimum atomic E-state index is -1.03. The molecule has 0 aliphatic carbocycles. The third-order valence-corrected chi connectivity index (χ3v) is 7.30. The number of benzene rings is 2. The topological polar surface area (TPSA) is 189 Å². The van der Waals surface area contributed by atoms with E-state index in [2.05, 4.69) is 20.2 Å². The summed E-state index contributed by atoms with van der Waals surface area (Å²) in [6, 6.07) is 14.1. The van der Waals surface area contributed by atoms with Gasteiger partial charge in [-0.3, -0.25) is 4.79 Å². The number of carbonyl (C=O) groups is 3. The van der Waals surface area contributed by atoms with Crippen molar-refractivity contribution in [3.8, 4) is 22.5 Å². The second-order valence-corrected chi connectivity index (χ2v) is 11.3. The fourth-order valence-corrected chi connectivity index (χ4v) is 4.89. The summed E-state index contributed by atoms with van der Waals surface area (Å²) in [5.41, 5.74) is 3.15. The fourth-order valence-electron chi connectivity index (χ4n) is 4.89. The molecule has 47 heavy (non-hydrogen) atoms. The molecule has 0 radical (unpaired) electrons. The molecule has 2 aromatic carbocycles. The molecule has 1 aromatic heterocycles. The van der Waals surface area contributed by atoms with Crippen LogP contribution in [0.5, 0.6) is 0 Å². The molecule has 1 heterocycles. The van der Waals surface area contributed by atoms with Crippen LogP contribution in [-0.4, -0.2) is 72.6 Å². The lowest BCUT2D eigenvalue weighted by molar-refractivity contribution is -0.757. The maximum absolute atomic E-state index is 13.0. The molecular weight excluding hydrogens is 612 g/mol. The van der Waals surface area contributed by atoms with Crippen LogP contribution in [0.4, 0.5) is 4.79 Å². The molecule has 3 rings (SSSR count). The highest BCUT2D eigenvalue weighted by Crippen LogP contribution is 2.30.